The van der Waals surface area contributed by atoms with E-state index in [1.54, 1.807) is 0 Å². The second-order valence-electron chi connectivity index (χ2n) is 9.53. The van der Waals surface area contributed by atoms with E-state index < -0.39 is 0 Å². The van der Waals surface area contributed by atoms with Crippen LogP contribution < -0.4 is 0 Å². The highest BCUT2D eigenvalue weighted by Gasteiger charge is 2.18. The van der Waals surface area contributed by atoms with Crippen molar-refractivity contribution in [3.05, 3.63) is 133 Å². The Kier molecular flexibility index (Phi) is 3.88. The van der Waals surface area contributed by atoms with Gasteiger partial charge in [-0.3, -0.25) is 0 Å². The third kappa shape index (κ3) is 2.98. The van der Waals surface area contributed by atoms with E-state index in [4.69, 9.17) is 7.16 Å². The molecule has 1 heteroatoms. The third-order valence-corrected chi connectivity index (χ3v) is 7.52. The highest BCUT2D eigenvalue weighted by Crippen LogP contribution is 2.45. The van der Waals surface area contributed by atoms with Crippen LogP contribution in [0, 0.1) is 0 Å². The Morgan fingerprint density at radius 2 is 1.05 bits per heavy atom. The summed E-state index contributed by atoms with van der Waals surface area (Å²) in [6.45, 7) is 0. The Morgan fingerprint density at radius 3 is 1.84 bits per heavy atom. The van der Waals surface area contributed by atoms with Crippen LogP contribution in [0.15, 0.2) is 138 Å². The summed E-state index contributed by atoms with van der Waals surface area (Å²) in [7, 11) is 0. The first-order valence-corrected chi connectivity index (χ1v) is 12.5. The monoisotopic (exact) mass is 472 g/mol. The summed E-state index contributed by atoms with van der Waals surface area (Å²) < 4.78 is 23.3. The average Bonchev–Trinajstić information content (AvgIpc) is 3.35. The van der Waals surface area contributed by atoms with Gasteiger partial charge in [-0.25, -0.2) is 0 Å². The van der Waals surface area contributed by atoms with E-state index in [1.807, 2.05) is 42.5 Å². The number of hydrogen-bond acceptors (Lipinski definition) is 1. The summed E-state index contributed by atoms with van der Waals surface area (Å²) in [5, 5.41) is 8.77. The van der Waals surface area contributed by atoms with Crippen LogP contribution in [-0.4, -0.2) is 0 Å². The lowest BCUT2D eigenvalue weighted by Gasteiger charge is -2.17. The van der Waals surface area contributed by atoms with E-state index in [0.29, 0.717) is 12.1 Å². The van der Waals surface area contributed by atoms with E-state index in [0.717, 1.165) is 65.7 Å². The van der Waals surface area contributed by atoms with E-state index in [2.05, 4.69) is 78.9 Å². The molecule has 0 saturated heterocycles. The molecule has 0 bridgehead atoms. The average molecular weight is 473 g/mol. The van der Waals surface area contributed by atoms with Crippen molar-refractivity contribution in [3.8, 4) is 22.3 Å². The predicted octanol–water partition coefficient (Wildman–Crippen LogP) is 10.4. The second kappa shape index (κ2) is 7.81. The fraction of sp³-hybridized carbons (Fsp3) is 0. The lowest BCUT2D eigenvalue weighted by molar-refractivity contribution is 0.669. The molecule has 8 aromatic rings. The maximum Gasteiger partial charge on any atom is 0.136 e. The molecule has 0 atom stereocenters. The lowest BCUT2D eigenvalue weighted by Crippen LogP contribution is -1.90. The molecule has 0 fully saturated rings. The van der Waals surface area contributed by atoms with Crippen LogP contribution in [0.25, 0.3) is 76.5 Å². The molecule has 8 rings (SSSR count). The summed E-state index contributed by atoms with van der Waals surface area (Å²) in [6, 6.07) is 42.1. The van der Waals surface area contributed by atoms with Crippen LogP contribution in [0.1, 0.15) is 2.74 Å². The van der Waals surface area contributed by atoms with Crippen molar-refractivity contribution in [3.63, 3.8) is 0 Å². The van der Waals surface area contributed by atoms with E-state index in [9.17, 15) is 0 Å². The van der Waals surface area contributed by atoms with Crippen LogP contribution in [0.5, 0.6) is 0 Å². The molecule has 172 valence electrons. The SMILES string of the molecule is [2H]c1ccc2c(-c3ccc4oc5ccc6ccccc6c5c4c3)c3cc([2H])ccc3c(-c3ccccc3)c2c1. The van der Waals surface area contributed by atoms with Crippen molar-refractivity contribution < 1.29 is 7.16 Å². The Morgan fingerprint density at radius 1 is 0.432 bits per heavy atom. The summed E-state index contributed by atoms with van der Waals surface area (Å²) in [4.78, 5) is 0. The number of rotatable bonds is 2. The fourth-order valence-electron chi connectivity index (χ4n) is 5.93. The summed E-state index contributed by atoms with van der Waals surface area (Å²) >= 11 is 0. The topological polar surface area (TPSA) is 13.1 Å². The molecule has 1 heterocycles. The van der Waals surface area contributed by atoms with Gasteiger partial charge in [0.25, 0.3) is 0 Å². The summed E-state index contributed by atoms with van der Waals surface area (Å²) in [6.07, 6.45) is 0. The number of hydrogen-bond donors (Lipinski definition) is 0. The van der Waals surface area contributed by atoms with Gasteiger partial charge < -0.3 is 4.42 Å². The van der Waals surface area contributed by atoms with E-state index in [-0.39, 0.29) is 0 Å². The molecule has 37 heavy (non-hydrogen) atoms. The van der Waals surface area contributed by atoms with Gasteiger partial charge in [-0.15, -0.1) is 0 Å². The minimum Gasteiger partial charge on any atom is -0.456 e. The lowest BCUT2D eigenvalue weighted by atomic mass is 9.86. The first-order valence-electron chi connectivity index (χ1n) is 13.5. The van der Waals surface area contributed by atoms with Gasteiger partial charge in [0.2, 0.25) is 0 Å². The van der Waals surface area contributed by atoms with Gasteiger partial charge in [-0.05, 0) is 72.8 Å². The van der Waals surface area contributed by atoms with Crippen molar-refractivity contribution in [1.82, 2.24) is 0 Å². The van der Waals surface area contributed by atoms with Gasteiger partial charge in [0.05, 0.1) is 2.74 Å². The Balaban J connectivity index is 1.53. The highest BCUT2D eigenvalue weighted by molar-refractivity contribution is 6.23. The molecule has 0 spiro atoms. The fourth-order valence-corrected chi connectivity index (χ4v) is 5.93. The first-order chi connectivity index (χ1) is 19.2. The number of furan rings is 1. The van der Waals surface area contributed by atoms with Crippen molar-refractivity contribution in [1.29, 1.82) is 0 Å². The molecule has 0 unspecified atom stereocenters. The molecular weight excluding hydrogens is 448 g/mol. The smallest absolute Gasteiger partial charge is 0.136 e. The number of fused-ring (bicyclic) bond motifs is 7. The van der Waals surface area contributed by atoms with Crippen molar-refractivity contribution in [2.45, 2.75) is 0 Å². The third-order valence-electron chi connectivity index (χ3n) is 7.52. The number of benzene rings is 7. The van der Waals surface area contributed by atoms with E-state index >= 15 is 0 Å². The summed E-state index contributed by atoms with van der Waals surface area (Å²) in [5.41, 5.74) is 6.07. The normalized spacial score (nSPS) is 12.5. The Hall–Kier alpha value is -4.88. The van der Waals surface area contributed by atoms with Crippen molar-refractivity contribution in [2.75, 3.05) is 0 Å². The largest absolute Gasteiger partial charge is 0.456 e. The zero-order valence-electron chi connectivity index (χ0n) is 22.0. The highest BCUT2D eigenvalue weighted by atomic mass is 16.3. The molecule has 0 amide bonds. The standard InChI is InChI=1S/C36H22O/c1-2-11-24(12-3-1)34-27-14-6-8-16-29(27)35(30-17-9-7-15-28(30)34)25-19-20-32-31(22-25)36-26-13-5-4-10-23(26)18-21-33(36)37-32/h1-22H/i6D,9D. The molecule has 0 aliphatic carbocycles. The maximum absolute atomic E-state index is 8.51. The molecule has 0 radical (unpaired) electrons. The van der Waals surface area contributed by atoms with Crippen molar-refractivity contribution in [2.24, 2.45) is 0 Å². The minimum absolute atomic E-state index is 0.472. The van der Waals surface area contributed by atoms with Crippen LogP contribution in [-0.2, 0) is 0 Å². The van der Waals surface area contributed by atoms with Gasteiger partial charge in [-0.1, -0.05) is 115 Å². The van der Waals surface area contributed by atoms with Crippen LogP contribution in [0.2, 0.25) is 0 Å². The second-order valence-corrected chi connectivity index (χ2v) is 9.53. The zero-order chi connectivity index (χ0) is 26.1. The van der Waals surface area contributed by atoms with Crippen LogP contribution in [0.3, 0.4) is 0 Å². The molecule has 0 saturated carbocycles. The zero-order valence-corrected chi connectivity index (χ0v) is 20.0. The van der Waals surface area contributed by atoms with Crippen molar-refractivity contribution >= 4 is 54.3 Å². The molecule has 7 aromatic carbocycles. The molecule has 1 nitrogen and oxygen atoms in total. The Bertz CT molecular complexity index is 2240. The van der Waals surface area contributed by atoms with E-state index in [1.165, 1.54) is 10.8 Å². The predicted molar refractivity (Wildman–Crippen MR) is 157 cm³/mol. The van der Waals surface area contributed by atoms with Gasteiger partial charge in [0.1, 0.15) is 11.2 Å². The quantitative estimate of drug-likeness (QED) is 0.228. The van der Waals surface area contributed by atoms with Gasteiger partial charge in [0.15, 0.2) is 0 Å². The molecule has 1 aromatic heterocycles. The van der Waals surface area contributed by atoms with Crippen LogP contribution in [0.4, 0.5) is 0 Å². The molecular formula is C36H22O. The van der Waals surface area contributed by atoms with Crippen LogP contribution >= 0.6 is 0 Å². The first kappa shape index (κ1) is 18.4. The van der Waals surface area contributed by atoms with Gasteiger partial charge in [-0.2, -0.15) is 0 Å². The van der Waals surface area contributed by atoms with Gasteiger partial charge >= 0.3 is 0 Å². The van der Waals surface area contributed by atoms with Gasteiger partial charge in [0, 0.05) is 10.8 Å². The molecule has 0 aliphatic heterocycles. The Labute approximate surface area is 217 Å². The molecule has 0 aliphatic rings. The minimum atomic E-state index is 0.472. The summed E-state index contributed by atoms with van der Waals surface area (Å²) in [5.74, 6) is 0. The maximum atomic E-state index is 8.51. The molecule has 0 N–H and O–H groups in total.